The van der Waals surface area contributed by atoms with Crippen molar-refractivity contribution in [3.05, 3.63) is 40.7 Å². The molecule has 2 aromatic rings. The van der Waals surface area contributed by atoms with Crippen LogP contribution in [-0.2, 0) is 4.79 Å². The van der Waals surface area contributed by atoms with Gasteiger partial charge in [0, 0.05) is 30.0 Å². The summed E-state index contributed by atoms with van der Waals surface area (Å²) in [6, 6.07) is 9.79. The van der Waals surface area contributed by atoms with Crippen molar-refractivity contribution >= 4 is 23.2 Å². The third kappa shape index (κ3) is 3.82. The summed E-state index contributed by atoms with van der Waals surface area (Å²) < 4.78 is 0. The maximum absolute atomic E-state index is 12.8. The Balaban J connectivity index is 1.74. The summed E-state index contributed by atoms with van der Waals surface area (Å²) in [6.45, 7) is 0.684. The van der Waals surface area contributed by atoms with Crippen LogP contribution in [-0.4, -0.2) is 39.5 Å². The highest BCUT2D eigenvalue weighted by Gasteiger charge is 2.29. The highest BCUT2D eigenvalue weighted by molar-refractivity contribution is 7.12. The van der Waals surface area contributed by atoms with Crippen LogP contribution in [0.15, 0.2) is 35.7 Å². The fourth-order valence-corrected chi connectivity index (χ4v) is 3.88. The van der Waals surface area contributed by atoms with Crippen molar-refractivity contribution in [2.24, 2.45) is 0 Å². The van der Waals surface area contributed by atoms with Gasteiger partial charge in [-0.1, -0.05) is 30.3 Å². The van der Waals surface area contributed by atoms with E-state index in [9.17, 15) is 9.59 Å². The molecule has 1 amide bonds. The molecule has 2 heterocycles. The lowest BCUT2D eigenvalue weighted by atomic mass is 9.98. The molecule has 1 aromatic heterocycles. The van der Waals surface area contributed by atoms with Gasteiger partial charge >= 0.3 is 5.97 Å². The molecule has 0 radical (unpaired) electrons. The van der Waals surface area contributed by atoms with Crippen molar-refractivity contribution in [1.82, 2.24) is 9.88 Å². The Bertz CT molecular complexity index is 714. The maximum atomic E-state index is 12.8. The molecule has 1 aromatic carbocycles. The average Bonchev–Trinajstić information content (AvgIpc) is 3.10. The molecule has 1 aliphatic rings. The Morgan fingerprint density at radius 3 is 2.79 bits per heavy atom. The molecule has 1 N–H and O–H groups in total. The van der Waals surface area contributed by atoms with Gasteiger partial charge in [-0.3, -0.25) is 9.59 Å². The SMILES string of the molecule is O=C(O)CCC1CCCCN1C(=O)c1nc(-c2ccccc2)cs1. The Morgan fingerprint density at radius 1 is 1.25 bits per heavy atom. The quantitative estimate of drug-likeness (QED) is 0.898. The molecule has 1 saturated heterocycles. The first-order chi connectivity index (χ1) is 11.6. The standard InChI is InChI=1S/C18H20N2O3S/c21-16(22)10-9-14-8-4-5-11-20(14)18(23)17-19-15(12-24-17)13-6-2-1-3-7-13/h1-3,6-7,12,14H,4-5,8-11H2,(H,21,22). The number of aliphatic carboxylic acids is 1. The summed E-state index contributed by atoms with van der Waals surface area (Å²) in [6.07, 6.45) is 3.49. The number of piperidine rings is 1. The Hall–Kier alpha value is -2.21. The number of thiazole rings is 1. The third-order valence-corrected chi connectivity index (χ3v) is 5.17. The molecule has 0 aliphatic carbocycles. The molecule has 3 rings (SSSR count). The summed E-state index contributed by atoms with van der Waals surface area (Å²) in [5.74, 6) is -0.883. The number of hydrogen-bond donors (Lipinski definition) is 1. The van der Waals surface area contributed by atoms with E-state index in [1.807, 2.05) is 40.6 Å². The number of likely N-dealkylation sites (tertiary alicyclic amines) is 1. The molecular formula is C18H20N2O3S. The molecule has 126 valence electrons. The van der Waals surface area contributed by atoms with Gasteiger partial charge in [-0.2, -0.15) is 0 Å². The zero-order chi connectivity index (χ0) is 16.9. The van der Waals surface area contributed by atoms with Gasteiger partial charge in [0.15, 0.2) is 5.01 Å². The number of carbonyl (C=O) groups is 2. The van der Waals surface area contributed by atoms with E-state index >= 15 is 0 Å². The fraction of sp³-hybridized carbons (Fsp3) is 0.389. The minimum absolute atomic E-state index is 0.00595. The molecule has 0 spiro atoms. The molecule has 1 aliphatic heterocycles. The lowest BCUT2D eigenvalue weighted by Crippen LogP contribution is -2.43. The van der Waals surface area contributed by atoms with Gasteiger partial charge in [-0.25, -0.2) is 4.98 Å². The first kappa shape index (κ1) is 16.6. The fourth-order valence-electron chi connectivity index (χ4n) is 3.09. The van der Waals surface area contributed by atoms with Crippen LogP contribution in [0.25, 0.3) is 11.3 Å². The maximum Gasteiger partial charge on any atom is 0.303 e. The van der Waals surface area contributed by atoms with Crippen molar-refractivity contribution in [2.45, 2.75) is 38.1 Å². The summed E-state index contributed by atoms with van der Waals surface area (Å²) in [5, 5.41) is 11.3. The van der Waals surface area contributed by atoms with Crippen molar-refractivity contribution < 1.29 is 14.7 Å². The van der Waals surface area contributed by atoms with E-state index in [4.69, 9.17) is 5.11 Å². The second kappa shape index (κ2) is 7.57. The summed E-state index contributed by atoms with van der Waals surface area (Å²) in [7, 11) is 0. The van der Waals surface area contributed by atoms with Crippen molar-refractivity contribution in [3.8, 4) is 11.3 Å². The topological polar surface area (TPSA) is 70.5 Å². The monoisotopic (exact) mass is 344 g/mol. The first-order valence-corrected chi connectivity index (χ1v) is 9.07. The van der Waals surface area contributed by atoms with Crippen molar-refractivity contribution in [2.75, 3.05) is 6.54 Å². The van der Waals surface area contributed by atoms with E-state index < -0.39 is 5.97 Å². The summed E-state index contributed by atoms with van der Waals surface area (Å²) >= 11 is 1.35. The summed E-state index contributed by atoms with van der Waals surface area (Å²) in [5.41, 5.74) is 1.80. The van der Waals surface area contributed by atoms with Crippen LogP contribution in [0.1, 0.15) is 41.9 Å². The number of carboxylic acid groups (broad SMARTS) is 1. The van der Waals surface area contributed by atoms with Crippen molar-refractivity contribution in [1.29, 1.82) is 0 Å². The van der Waals surface area contributed by atoms with Crippen LogP contribution in [0.3, 0.4) is 0 Å². The van der Waals surface area contributed by atoms with E-state index in [0.717, 1.165) is 30.5 Å². The van der Waals surface area contributed by atoms with Gasteiger partial charge in [0.25, 0.3) is 5.91 Å². The van der Waals surface area contributed by atoms with Gasteiger partial charge in [-0.05, 0) is 25.7 Å². The lowest BCUT2D eigenvalue weighted by molar-refractivity contribution is -0.137. The van der Waals surface area contributed by atoms with E-state index in [2.05, 4.69) is 4.98 Å². The second-order valence-electron chi connectivity index (χ2n) is 5.98. The average molecular weight is 344 g/mol. The highest BCUT2D eigenvalue weighted by atomic mass is 32.1. The van der Waals surface area contributed by atoms with E-state index in [1.54, 1.807) is 0 Å². The van der Waals surface area contributed by atoms with Gasteiger partial charge in [0.1, 0.15) is 0 Å². The molecule has 6 heteroatoms. The van der Waals surface area contributed by atoms with Crippen LogP contribution < -0.4 is 0 Å². The van der Waals surface area contributed by atoms with Crippen molar-refractivity contribution in [3.63, 3.8) is 0 Å². The normalized spacial score (nSPS) is 17.7. The Labute approximate surface area is 145 Å². The van der Waals surface area contributed by atoms with Crippen LogP contribution in [0.2, 0.25) is 0 Å². The lowest BCUT2D eigenvalue weighted by Gasteiger charge is -2.35. The smallest absolute Gasteiger partial charge is 0.303 e. The van der Waals surface area contributed by atoms with Gasteiger partial charge in [0.2, 0.25) is 0 Å². The summed E-state index contributed by atoms with van der Waals surface area (Å²) in [4.78, 5) is 30.0. The molecule has 0 saturated carbocycles. The number of rotatable bonds is 5. The van der Waals surface area contributed by atoms with Crippen LogP contribution in [0.4, 0.5) is 0 Å². The predicted molar refractivity (Wildman–Crippen MR) is 93.1 cm³/mol. The number of carbonyl (C=O) groups excluding carboxylic acids is 1. The molecular weight excluding hydrogens is 324 g/mol. The number of hydrogen-bond acceptors (Lipinski definition) is 4. The zero-order valence-electron chi connectivity index (χ0n) is 13.4. The molecule has 0 bridgehead atoms. The molecule has 1 fully saturated rings. The highest BCUT2D eigenvalue weighted by Crippen LogP contribution is 2.26. The van der Waals surface area contributed by atoms with E-state index in [-0.39, 0.29) is 18.4 Å². The zero-order valence-corrected chi connectivity index (χ0v) is 14.2. The van der Waals surface area contributed by atoms with Crippen LogP contribution in [0, 0.1) is 0 Å². The van der Waals surface area contributed by atoms with Gasteiger partial charge in [0.05, 0.1) is 5.69 Å². The van der Waals surface area contributed by atoms with E-state index in [1.165, 1.54) is 11.3 Å². The second-order valence-corrected chi connectivity index (χ2v) is 6.84. The van der Waals surface area contributed by atoms with Crippen LogP contribution >= 0.6 is 11.3 Å². The molecule has 1 atom stereocenters. The predicted octanol–water partition coefficient (Wildman–Crippen LogP) is 3.67. The van der Waals surface area contributed by atoms with Gasteiger partial charge in [-0.15, -0.1) is 11.3 Å². The minimum atomic E-state index is -0.811. The number of amides is 1. The first-order valence-electron chi connectivity index (χ1n) is 8.19. The number of carboxylic acids is 1. The Morgan fingerprint density at radius 2 is 2.04 bits per heavy atom. The third-order valence-electron chi connectivity index (χ3n) is 4.34. The van der Waals surface area contributed by atoms with Gasteiger partial charge < -0.3 is 10.0 Å². The minimum Gasteiger partial charge on any atom is -0.481 e. The number of aromatic nitrogens is 1. The number of benzene rings is 1. The molecule has 1 unspecified atom stereocenters. The largest absolute Gasteiger partial charge is 0.481 e. The molecule has 5 nitrogen and oxygen atoms in total. The molecule has 24 heavy (non-hydrogen) atoms. The van der Waals surface area contributed by atoms with E-state index in [0.29, 0.717) is 18.0 Å². The van der Waals surface area contributed by atoms with Crippen LogP contribution in [0.5, 0.6) is 0 Å². The number of nitrogens with zero attached hydrogens (tertiary/aromatic N) is 2. The Kier molecular flexibility index (Phi) is 5.25.